The Balaban J connectivity index is 0.00000106. The van der Waals surface area contributed by atoms with E-state index in [-0.39, 0.29) is 0 Å². The van der Waals surface area contributed by atoms with Crippen molar-refractivity contribution in [2.45, 2.75) is 45.8 Å². The molecule has 5 heteroatoms. The van der Waals surface area contributed by atoms with E-state index in [0.717, 1.165) is 31.5 Å². The Morgan fingerprint density at radius 3 is 2.43 bits per heavy atom. The van der Waals surface area contributed by atoms with Crippen molar-refractivity contribution in [3.8, 4) is 5.75 Å². The Morgan fingerprint density at radius 1 is 1.24 bits per heavy atom. The van der Waals surface area contributed by atoms with Crippen LogP contribution in [-0.2, 0) is 6.18 Å². The van der Waals surface area contributed by atoms with Gasteiger partial charge in [0, 0.05) is 6.04 Å². The molecule has 1 atom stereocenters. The third-order valence-electron chi connectivity index (χ3n) is 3.49. The molecule has 1 fully saturated rings. The van der Waals surface area contributed by atoms with Crippen molar-refractivity contribution in [3.05, 3.63) is 29.3 Å². The van der Waals surface area contributed by atoms with Gasteiger partial charge in [-0.25, -0.2) is 0 Å². The molecule has 21 heavy (non-hydrogen) atoms. The van der Waals surface area contributed by atoms with Gasteiger partial charge in [0.05, 0.1) is 5.56 Å². The molecule has 1 heterocycles. The summed E-state index contributed by atoms with van der Waals surface area (Å²) in [5.41, 5.74) is -0.0909. The first kappa shape index (κ1) is 17.8. The zero-order chi connectivity index (χ0) is 16.0. The Morgan fingerprint density at radius 2 is 1.90 bits per heavy atom. The smallest absolute Gasteiger partial charge is 0.416 e. The van der Waals surface area contributed by atoms with E-state index in [9.17, 15) is 13.2 Å². The Labute approximate surface area is 124 Å². The summed E-state index contributed by atoms with van der Waals surface area (Å²) in [5.74, 6) is 0.299. The number of aryl methyl sites for hydroxylation is 1. The minimum atomic E-state index is -4.33. The maximum absolute atomic E-state index is 12.7. The molecule has 1 aromatic carbocycles. The van der Waals surface area contributed by atoms with Gasteiger partial charge >= 0.3 is 6.18 Å². The van der Waals surface area contributed by atoms with Crippen LogP contribution in [0, 0.1) is 6.92 Å². The van der Waals surface area contributed by atoms with Gasteiger partial charge < -0.3 is 9.64 Å². The number of nitrogens with zero attached hydrogens (tertiary/aromatic N) is 1. The van der Waals surface area contributed by atoms with Crippen LogP contribution in [0.5, 0.6) is 5.75 Å². The van der Waals surface area contributed by atoms with Crippen LogP contribution in [-0.4, -0.2) is 31.1 Å². The van der Waals surface area contributed by atoms with Gasteiger partial charge in [0.15, 0.2) is 0 Å². The fourth-order valence-corrected chi connectivity index (χ4v) is 2.38. The highest BCUT2D eigenvalue weighted by Crippen LogP contribution is 2.32. The van der Waals surface area contributed by atoms with Gasteiger partial charge in [-0.15, -0.1) is 0 Å². The molecule has 120 valence electrons. The molecule has 0 spiro atoms. The number of halogens is 3. The standard InChI is InChI=1S/C14H18F3NO.C2H6/c1-10-6-11(14(15,16)17)8-13(7-10)19-9-12-4-3-5-18(12)2;1-2/h6-8,12H,3-5,9H2,1-2H3;1-2H3/t12-;/m1./s1. The molecule has 0 aromatic heterocycles. The number of hydrogen-bond acceptors (Lipinski definition) is 2. The van der Waals surface area contributed by atoms with Crippen molar-refractivity contribution in [3.63, 3.8) is 0 Å². The molecule has 1 aliphatic rings. The van der Waals surface area contributed by atoms with Crippen LogP contribution < -0.4 is 4.74 Å². The van der Waals surface area contributed by atoms with Crippen molar-refractivity contribution >= 4 is 0 Å². The van der Waals surface area contributed by atoms with E-state index in [1.165, 1.54) is 0 Å². The van der Waals surface area contributed by atoms with Gasteiger partial charge in [0.25, 0.3) is 0 Å². The van der Waals surface area contributed by atoms with Crippen molar-refractivity contribution in [1.29, 1.82) is 0 Å². The molecular formula is C16H24F3NO. The lowest BCUT2D eigenvalue weighted by Crippen LogP contribution is -2.30. The third kappa shape index (κ3) is 5.23. The second kappa shape index (κ2) is 7.69. The van der Waals surface area contributed by atoms with Crippen LogP contribution in [0.3, 0.4) is 0 Å². The first-order valence-corrected chi connectivity index (χ1v) is 7.38. The zero-order valence-corrected chi connectivity index (χ0v) is 13.1. The summed E-state index contributed by atoms with van der Waals surface area (Å²) >= 11 is 0. The first-order chi connectivity index (χ1) is 9.86. The second-order valence-corrected chi connectivity index (χ2v) is 5.12. The highest BCUT2D eigenvalue weighted by molar-refractivity contribution is 5.35. The van der Waals surface area contributed by atoms with Crippen LogP contribution in [0.15, 0.2) is 18.2 Å². The molecule has 1 aromatic rings. The van der Waals surface area contributed by atoms with E-state index in [2.05, 4.69) is 4.90 Å². The van der Waals surface area contributed by atoms with E-state index in [1.807, 2.05) is 20.9 Å². The van der Waals surface area contributed by atoms with E-state index in [1.54, 1.807) is 13.0 Å². The molecular weight excluding hydrogens is 279 g/mol. The highest BCUT2D eigenvalue weighted by Gasteiger charge is 2.31. The van der Waals surface area contributed by atoms with Gasteiger partial charge in [0.2, 0.25) is 0 Å². The van der Waals surface area contributed by atoms with Gasteiger partial charge in [-0.2, -0.15) is 13.2 Å². The van der Waals surface area contributed by atoms with Crippen LogP contribution in [0.25, 0.3) is 0 Å². The van der Waals surface area contributed by atoms with Crippen molar-refractivity contribution in [1.82, 2.24) is 4.90 Å². The molecule has 1 aliphatic heterocycles. The molecule has 0 aliphatic carbocycles. The van der Waals surface area contributed by atoms with E-state index < -0.39 is 11.7 Å². The molecule has 0 radical (unpaired) electrons. The maximum atomic E-state index is 12.7. The van der Waals surface area contributed by atoms with E-state index in [0.29, 0.717) is 24.0 Å². The summed E-state index contributed by atoms with van der Waals surface area (Å²) in [5, 5.41) is 0. The van der Waals surface area contributed by atoms with Crippen LogP contribution >= 0.6 is 0 Å². The number of alkyl halides is 3. The monoisotopic (exact) mass is 303 g/mol. The van der Waals surface area contributed by atoms with Gasteiger partial charge in [-0.05, 0) is 57.1 Å². The molecule has 1 saturated heterocycles. The molecule has 2 rings (SSSR count). The van der Waals surface area contributed by atoms with Crippen molar-refractivity contribution in [2.75, 3.05) is 20.2 Å². The third-order valence-corrected chi connectivity index (χ3v) is 3.49. The zero-order valence-electron chi connectivity index (χ0n) is 13.1. The molecule has 0 N–H and O–H groups in total. The molecule has 0 unspecified atom stereocenters. The molecule has 0 saturated carbocycles. The number of likely N-dealkylation sites (N-methyl/N-ethyl adjacent to an activating group) is 1. The Hall–Kier alpha value is -1.23. The normalized spacial score (nSPS) is 19.1. The number of ether oxygens (including phenoxy) is 1. The summed E-state index contributed by atoms with van der Waals surface area (Å²) < 4.78 is 43.6. The van der Waals surface area contributed by atoms with Crippen molar-refractivity contribution < 1.29 is 17.9 Å². The summed E-state index contributed by atoms with van der Waals surface area (Å²) in [6, 6.07) is 4.15. The number of likely N-dealkylation sites (tertiary alicyclic amines) is 1. The number of benzene rings is 1. The van der Waals surface area contributed by atoms with E-state index >= 15 is 0 Å². The topological polar surface area (TPSA) is 12.5 Å². The lowest BCUT2D eigenvalue weighted by molar-refractivity contribution is -0.137. The summed E-state index contributed by atoms with van der Waals surface area (Å²) in [4.78, 5) is 2.18. The predicted molar refractivity (Wildman–Crippen MR) is 78.7 cm³/mol. The first-order valence-electron chi connectivity index (χ1n) is 7.38. The Kier molecular flexibility index (Phi) is 6.52. The van der Waals surface area contributed by atoms with Crippen molar-refractivity contribution in [2.24, 2.45) is 0 Å². The van der Waals surface area contributed by atoms with Gasteiger partial charge in [-0.3, -0.25) is 0 Å². The predicted octanol–water partition coefficient (Wildman–Crippen LogP) is 4.51. The molecule has 0 bridgehead atoms. The quantitative estimate of drug-likeness (QED) is 0.814. The SMILES string of the molecule is CC.Cc1cc(OC[C@H]2CCCN2C)cc(C(F)(F)F)c1. The highest BCUT2D eigenvalue weighted by atomic mass is 19.4. The Bertz CT molecular complexity index is 446. The average molecular weight is 303 g/mol. The summed E-state index contributed by atoms with van der Waals surface area (Å²) in [6.07, 6.45) is -2.17. The van der Waals surface area contributed by atoms with Gasteiger partial charge in [0.1, 0.15) is 12.4 Å². The molecule has 0 amide bonds. The second-order valence-electron chi connectivity index (χ2n) is 5.12. The average Bonchev–Trinajstić information content (AvgIpc) is 2.83. The van der Waals surface area contributed by atoms with Crippen LogP contribution in [0.1, 0.15) is 37.8 Å². The largest absolute Gasteiger partial charge is 0.492 e. The number of hydrogen-bond donors (Lipinski definition) is 0. The fourth-order valence-electron chi connectivity index (χ4n) is 2.38. The minimum Gasteiger partial charge on any atom is -0.492 e. The fraction of sp³-hybridized carbons (Fsp3) is 0.625. The molecule has 2 nitrogen and oxygen atoms in total. The van der Waals surface area contributed by atoms with Crippen LogP contribution in [0.4, 0.5) is 13.2 Å². The van der Waals surface area contributed by atoms with E-state index in [4.69, 9.17) is 4.74 Å². The number of rotatable bonds is 3. The summed E-state index contributed by atoms with van der Waals surface area (Å²) in [6.45, 7) is 7.11. The minimum absolute atomic E-state index is 0.299. The summed E-state index contributed by atoms with van der Waals surface area (Å²) in [7, 11) is 2.01. The van der Waals surface area contributed by atoms with Crippen LogP contribution in [0.2, 0.25) is 0 Å². The lowest BCUT2D eigenvalue weighted by Gasteiger charge is -2.20. The lowest BCUT2D eigenvalue weighted by atomic mass is 10.1. The van der Waals surface area contributed by atoms with Gasteiger partial charge in [-0.1, -0.05) is 13.8 Å². The maximum Gasteiger partial charge on any atom is 0.416 e.